The van der Waals surface area contributed by atoms with E-state index in [1.807, 2.05) is 24.3 Å². The number of hydrogen-bond donors (Lipinski definition) is 2. The Morgan fingerprint density at radius 1 is 1.47 bits per heavy atom. The van der Waals surface area contributed by atoms with Gasteiger partial charge in [-0.25, -0.2) is 0 Å². The molecule has 0 saturated carbocycles. The number of carboxylic acids is 1. The molecule has 0 radical (unpaired) electrons. The third-order valence-electron chi connectivity index (χ3n) is 2.46. The molecule has 102 valence electrons. The molecule has 0 heterocycles. The van der Waals surface area contributed by atoms with Crippen molar-refractivity contribution in [2.75, 3.05) is 0 Å². The highest BCUT2D eigenvalue weighted by molar-refractivity contribution is 9.10. The minimum absolute atomic E-state index is 0.0524. The molecule has 5 heteroatoms. The highest BCUT2D eigenvalue weighted by Gasteiger charge is 2.06. The number of amides is 1. The number of benzene rings is 1. The van der Waals surface area contributed by atoms with Gasteiger partial charge in [0.1, 0.15) is 0 Å². The average molecular weight is 326 g/mol. The number of rotatable bonds is 6. The lowest BCUT2D eigenvalue weighted by Crippen LogP contribution is -2.31. The molecule has 1 aromatic carbocycles. The molecule has 1 atom stereocenters. The number of carbonyl (C=O) groups excluding carboxylic acids is 1. The third-order valence-corrected chi connectivity index (χ3v) is 2.95. The van der Waals surface area contributed by atoms with Crippen molar-refractivity contribution in [1.29, 1.82) is 0 Å². The summed E-state index contributed by atoms with van der Waals surface area (Å²) in [5.74, 6) is -1.08. The van der Waals surface area contributed by atoms with Crippen molar-refractivity contribution in [3.8, 4) is 0 Å². The van der Waals surface area contributed by atoms with Crippen LogP contribution in [0.1, 0.15) is 25.3 Å². The van der Waals surface area contributed by atoms with Crippen LogP contribution >= 0.6 is 15.9 Å². The van der Waals surface area contributed by atoms with Gasteiger partial charge in [-0.05, 0) is 37.1 Å². The first-order valence-corrected chi connectivity index (χ1v) is 6.72. The zero-order chi connectivity index (χ0) is 14.3. The Kier molecular flexibility index (Phi) is 6.29. The zero-order valence-electron chi connectivity index (χ0n) is 10.6. The predicted molar refractivity (Wildman–Crippen MR) is 77.7 cm³/mol. The Balaban J connectivity index is 2.44. The van der Waals surface area contributed by atoms with Crippen molar-refractivity contribution < 1.29 is 14.7 Å². The topological polar surface area (TPSA) is 66.4 Å². The third kappa shape index (κ3) is 6.76. The van der Waals surface area contributed by atoms with Crippen molar-refractivity contribution >= 4 is 33.9 Å². The summed E-state index contributed by atoms with van der Waals surface area (Å²) >= 11 is 3.35. The summed E-state index contributed by atoms with van der Waals surface area (Å²) < 4.78 is 0.949. The molecule has 0 bridgehead atoms. The van der Waals surface area contributed by atoms with Crippen LogP contribution in [0.2, 0.25) is 0 Å². The summed E-state index contributed by atoms with van der Waals surface area (Å²) in [6.07, 6.45) is 3.63. The van der Waals surface area contributed by atoms with E-state index in [9.17, 15) is 9.59 Å². The van der Waals surface area contributed by atoms with Crippen LogP contribution in [-0.4, -0.2) is 23.0 Å². The minimum Gasteiger partial charge on any atom is -0.481 e. The fourth-order valence-electron chi connectivity index (χ4n) is 1.49. The highest BCUT2D eigenvalue weighted by atomic mass is 79.9. The van der Waals surface area contributed by atoms with E-state index in [0.717, 1.165) is 10.0 Å². The Morgan fingerprint density at radius 3 is 2.84 bits per heavy atom. The second-order valence-electron chi connectivity index (χ2n) is 4.23. The molecule has 19 heavy (non-hydrogen) atoms. The van der Waals surface area contributed by atoms with Gasteiger partial charge in [-0.3, -0.25) is 9.59 Å². The van der Waals surface area contributed by atoms with Gasteiger partial charge in [-0.2, -0.15) is 0 Å². The van der Waals surface area contributed by atoms with Gasteiger partial charge in [0.25, 0.3) is 0 Å². The van der Waals surface area contributed by atoms with Crippen molar-refractivity contribution in [2.45, 2.75) is 25.8 Å². The van der Waals surface area contributed by atoms with Crippen LogP contribution in [-0.2, 0) is 9.59 Å². The molecule has 1 unspecified atom stereocenters. The molecule has 0 aliphatic rings. The van der Waals surface area contributed by atoms with Crippen LogP contribution in [0.3, 0.4) is 0 Å². The first-order valence-electron chi connectivity index (χ1n) is 5.93. The van der Waals surface area contributed by atoms with Crippen LogP contribution in [0.15, 0.2) is 34.8 Å². The van der Waals surface area contributed by atoms with E-state index in [1.54, 1.807) is 13.0 Å². The van der Waals surface area contributed by atoms with E-state index < -0.39 is 5.97 Å². The van der Waals surface area contributed by atoms with Crippen molar-refractivity contribution in [1.82, 2.24) is 5.32 Å². The van der Waals surface area contributed by atoms with Crippen LogP contribution in [0.25, 0.3) is 6.08 Å². The van der Waals surface area contributed by atoms with E-state index in [1.165, 1.54) is 6.08 Å². The van der Waals surface area contributed by atoms with E-state index in [-0.39, 0.29) is 18.4 Å². The highest BCUT2D eigenvalue weighted by Crippen LogP contribution is 2.12. The predicted octanol–water partition coefficient (Wildman–Crippen LogP) is 2.83. The van der Waals surface area contributed by atoms with Gasteiger partial charge in [-0.15, -0.1) is 0 Å². The number of carboxylic acid groups (broad SMARTS) is 1. The molecule has 1 rings (SSSR count). The second-order valence-corrected chi connectivity index (χ2v) is 5.15. The van der Waals surface area contributed by atoms with Crippen molar-refractivity contribution in [3.05, 3.63) is 40.4 Å². The lowest BCUT2D eigenvalue weighted by Gasteiger charge is -2.10. The number of hydrogen-bond acceptors (Lipinski definition) is 2. The van der Waals surface area contributed by atoms with Gasteiger partial charge < -0.3 is 10.4 Å². The summed E-state index contributed by atoms with van der Waals surface area (Å²) in [5, 5.41) is 11.3. The Labute approximate surface area is 120 Å². The quantitative estimate of drug-likeness (QED) is 0.790. The van der Waals surface area contributed by atoms with Crippen LogP contribution in [0.5, 0.6) is 0 Å². The summed E-state index contributed by atoms with van der Waals surface area (Å²) in [4.78, 5) is 22.0. The van der Waals surface area contributed by atoms with Gasteiger partial charge in [0.05, 0.1) is 0 Å². The zero-order valence-corrected chi connectivity index (χ0v) is 12.2. The maximum absolute atomic E-state index is 11.6. The summed E-state index contributed by atoms with van der Waals surface area (Å²) in [7, 11) is 0. The SMILES string of the molecule is CC(CCC(=O)O)NC(=O)C=Cc1cccc(Br)c1. The van der Waals surface area contributed by atoms with Gasteiger partial charge in [0, 0.05) is 23.0 Å². The fourth-order valence-corrected chi connectivity index (χ4v) is 1.90. The second kappa shape index (κ2) is 7.74. The Morgan fingerprint density at radius 2 is 2.21 bits per heavy atom. The standard InChI is InChI=1S/C14H16BrNO3/c1-10(5-8-14(18)19)16-13(17)7-6-11-3-2-4-12(15)9-11/h2-4,6-7,9-10H,5,8H2,1H3,(H,16,17)(H,18,19). The molecule has 0 spiro atoms. The maximum Gasteiger partial charge on any atom is 0.303 e. The summed E-state index contributed by atoms with van der Waals surface area (Å²) in [6, 6.07) is 7.43. The number of nitrogens with one attached hydrogen (secondary N) is 1. The average Bonchev–Trinajstić information content (AvgIpc) is 2.34. The van der Waals surface area contributed by atoms with E-state index >= 15 is 0 Å². The summed E-state index contributed by atoms with van der Waals surface area (Å²) in [5.41, 5.74) is 0.919. The molecule has 0 aliphatic carbocycles. The smallest absolute Gasteiger partial charge is 0.303 e. The van der Waals surface area contributed by atoms with Gasteiger partial charge in [-0.1, -0.05) is 28.1 Å². The lowest BCUT2D eigenvalue weighted by molar-refractivity contribution is -0.137. The largest absolute Gasteiger partial charge is 0.481 e. The van der Waals surface area contributed by atoms with Crippen molar-refractivity contribution in [2.24, 2.45) is 0 Å². The Hall–Kier alpha value is -1.62. The van der Waals surface area contributed by atoms with Crippen LogP contribution in [0.4, 0.5) is 0 Å². The molecular formula is C14H16BrNO3. The fraction of sp³-hybridized carbons (Fsp3) is 0.286. The first kappa shape index (κ1) is 15.4. The minimum atomic E-state index is -0.856. The number of aliphatic carboxylic acids is 1. The molecule has 0 aliphatic heterocycles. The number of halogens is 1. The van der Waals surface area contributed by atoms with Gasteiger partial charge >= 0.3 is 5.97 Å². The molecule has 4 nitrogen and oxygen atoms in total. The van der Waals surface area contributed by atoms with E-state index in [0.29, 0.717) is 6.42 Å². The normalized spacial score (nSPS) is 12.3. The van der Waals surface area contributed by atoms with Crippen molar-refractivity contribution in [3.63, 3.8) is 0 Å². The molecular weight excluding hydrogens is 310 g/mol. The molecule has 0 aromatic heterocycles. The molecule has 1 aromatic rings. The molecule has 0 fully saturated rings. The first-order chi connectivity index (χ1) is 8.97. The van der Waals surface area contributed by atoms with Crippen LogP contribution < -0.4 is 5.32 Å². The summed E-state index contributed by atoms with van der Waals surface area (Å²) in [6.45, 7) is 1.79. The Bertz CT molecular complexity index is 485. The lowest BCUT2D eigenvalue weighted by atomic mass is 10.2. The monoisotopic (exact) mass is 325 g/mol. The molecule has 1 amide bonds. The van der Waals surface area contributed by atoms with Crippen LogP contribution in [0, 0.1) is 0 Å². The van der Waals surface area contributed by atoms with Gasteiger partial charge in [0.2, 0.25) is 5.91 Å². The maximum atomic E-state index is 11.6. The van der Waals surface area contributed by atoms with E-state index in [4.69, 9.17) is 5.11 Å². The number of carbonyl (C=O) groups is 2. The molecule has 0 saturated heterocycles. The van der Waals surface area contributed by atoms with E-state index in [2.05, 4.69) is 21.2 Å². The van der Waals surface area contributed by atoms with Gasteiger partial charge in [0.15, 0.2) is 0 Å². The molecule has 2 N–H and O–H groups in total.